The van der Waals surface area contributed by atoms with Crippen molar-refractivity contribution in [3.05, 3.63) is 41.1 Å². The fourth-order valence-electron chi connectivity index (χ4n) is 3.32. The standard InChI is InChI=1S/C18H23N5O/c1-4-13-11(2)21-18(19)22-17(13)20-10-12-9-16(24)23(3)15-8-6-5-7-14(12)15/h5-8,12H,4,9-10H2,1-3H3,(H3,19,20,21,22)/t12-/m0/s1. The maximum Gasteiger partial charge on any atom is 0.227 e. The molecule has 0 aliphatic carbocycles. The molecular formula is C18H23N5O. The van der Waals surface area contributed by atoms with Crippen molar-refractivity contribution in [1.29, 1.82) is 0 Å². The molecule has 3 N–H and O–H groups in total. The normalized spacial score (nSPS) is 16.9. The number of nitrogens with two attached hydrogens (primary N) is 1. The Hall–Kier alpha value is -2.63. The molecule has 1 amide bonds. The number of nitrogens with one attached hydrogen (secondary N) is 1. The van der Waals surface area contributed by atoms with Crippen LogP contribution in [0, 0.1) is 6.92 Å². The number of aryl methyl sites for hydroxylation is 1. The Morgan fingerprint density at radius 1 is 1.33 bits per heavy atom. The van der Waals surface area contributed by atoms with E-state index in [0.717, 1.165) is 29.2 Å². The number of amides is 1. The summed E-state index contributed by atoms with van der Waals surface area (Å²) >= 11 is 0. The van der Waals surface area contributed by atoms with Crippen molar-refractivity contribution < 1.29 is 4.79 Å². The van der Waals surface area contributed by atoms with Gasteiger partial charge in [-0.2, -0.15) is 4.98 Å². The predicted molar refractivity (Wildman–Crippen MR) is 96.3 cm³/mol. The van der Waals surface area contributed by atoms with Gasteiger partial charge in [0.25, 0.3) is 0 Å². The number of para-hydroxylation sites is 1. The van der Waals surface area contributed by atoms with Crippen LogP contribution in [0.3, 0.4) is 0 Å². The molecule has 0 saturated carbocycles. The van der Waals surface area contributed by atoms with E-state index in [1.165, 1.54) is 5.56 Å². The number of hydrogen-bond donors (Lipinski definition) is 2. The summed E-state index contributed by atoms with van der Waals surface area (Å²) in [7, 11) is 1.83. The summed E-state index contributed by atoms with van der Waals surface area (Å²) in [5.41, 5.74) is 9.91. The Bertz CT molecular complexity index is 774. The van der Waals surface area contributed by atoms with Crippen molar-refractivity contribution in [3.8, 4) is 0 Å². The van der Waals surface area contributed by atoms with E-state index in [1.54, 1.807) is 4.90 Å². The number of rotatable bonds is 4. The molecule has 1 aromatic heterocycles. The Morgan fingerprint density at radius 2 is 2.08 bits per heavy atom. The van der Waals surface area contributed by atoms with Gasteiger partial charge in [0.05, 0.1) is 0 Å². The van der Waals surface area contributed by atoms with Crippen molar-refractivity contribution >= 4 is 23.4 Å². The lowest BCUT2D eigenvalue weighted by Crippen LogP contribution is -2.35. The summed E-state index contributed by atoms with van der Waals surface area (Å²) in [4.78, 5) is 22.6. The highest BCUT2D eigenvalue weighted by Gasteiger charge is 2.28. The molecule has 126 valence electrons. The number of carbonyl (C=O) groups excluding carboxylic acids is 1. The van der Waals surface area contributed by atoms with E-state index < -0.39 is 0 Å². The Kier molecular flexibility index (Phi) is 4.38. The van der Waals surface area contributed by atoms with E-state index in [1.807, 2.05) is 32.2 Å². The molecule has 0 spiro atoms. The van der Waals surface area contributed by atoms with Crippen LogP contribution < -0.4 is 16.0 Å². The van der Waals surface area contributed by atoms with Gasteiger partial charge in [0.15, 0.2) is 0 Å². The fourth-order valence-corrected chi connectivity index (χ4v) is 3.32. The third-order valence-electron chi connectivity index (χ3n) is 4.63. The Balaban J connectivity index is 1.86. The van der Waals surface area contributed by atoms with Crippen molar-refractivity contribution in [3.63, 3.8) is 0 Å². The van der Waals surface area contributed by atoms with Crippen LogP contribution in [-0.4, -0.2) is 29.5 Å². The van der Waals surface area contributed by atoms with Gasteiger partial charge in [0.2, 0.25) is 11.9 Å². The van der Waals surface area contributed by atoms with Gasteiger partial charge in [0, 0.05) is 42.9 Å². The molecule has 1 aliphatic rings. The second-order valence-electron chi connectivity index (χ2n) is 6.14. The van der Waals surface area contributed by atoms with E-state index in [-0.39, 0.29) is 17.8 Å². The summed E-state index contributed by atoms with van der Waals surface area (Å²) in [6.45, 7) is 4.65. The molecule has 1 aromatic carbocycles. The molecule has 2 heterocycles. The predicted octanol–water partition coefficient (Wildman–Crippen LogP) is 2.49. The molecule has 0 bridgehead atoms. The van der Waals surface area contributed by atoms with Gasteiger partial charge in [0.1, 0.15) is 5.82 Å². The minimum Gasteiger partial charge on any atom is -0.369 e. The van der Waals surface area contributed by atoms with E-state index in [2.05, 4.69) is 28.3 Å². The maximum atomic E-state index is 12.3. The maximum absolute atomic E-state index is 12.3. The van der Waals surface area contributed by atoms with E-state index in [9.17, 15) is 4.79 Å². The average molecular weight is 325 g/mol. The summed E-state index contributed by atoms with van der Waals surface area (Å²) in [5, 5.41) is 3.39. The lowest BCUT2D eigenvalue weighted by Gasteiger charge is -2.32. The number of fused-ring (bicyclic) bond motifs is 1. The molecule has 0 saturated heterocycles. The van der Waals surface area contributed by atoms with Crippen molar-refractivity contribution in [2.75, 3.05) is 29.5 Å². The fraction of sp³-hybridized carbons (Fsp3) is 0.389. The highest BCUT2D eigenvalue weighted by atomic mass is 16.2. The highest BCUT2D eigenvalue weighted by molar-refractivity contribution is 5.96. The molecule has 1 aliphatic heterocycles. The van der Waals surface area contributed by atoms with Crippen molar-refractivity contribution in [2.24, 2.45) is 0 Å². The summed E-state index contributed by atoms with van der Waals surface area (Å²) in [6.07, 6.45) is 1.32. The van der Waals surface area contributed by atoms with Crippen LogP contribution in [0.25, 0.3) is 0 Å². The smallest absolute Gasteiger partial charge is 0.227 e. The zero-order chi connectivity index (χ0) is 17.3. The molecule has 6 nitrogen and oxygen atoms in total. The van der Waals surface area contributed by atoms with Crippen LogP contribution in [0.4, 0.5) is 17.5 Å². The second-order valence-corrected chi connectivity index (χ2v) is 6.14. The molecule has 24 heavy (non-hydrogen) atoms. The Labute approximate surface area is 142 Å². The minimum atomic E-state index is 0.117. The topological polar surface area (TPSA) is 84.1 Å². The molecule has 2 aromatic rings. The third-order valence-corrected chi connectivity index (χ3v) is 4.63. The zero-order valence-electron chi connectivity index (χ0n) is 14.3. The van der Waals surface area contributed by atoms with E-state index >= 15 is 0 Å². The van der Waals surface area contributed by atoms with Gasteiger partial charge < -0.3 is 16.0 Å². The largest absolute Gasteiger partial charge is 0.369 e. The lowest BCUT2D eigenvalue weighted by molar-refractivity contribution is -0.119. The number of benzene rings is 1. The van der Waals surface area contributed by atoms with Crippen molar-refractivity contribution in [2.45, 2.75) is 32.6 Å². The number of hydrogen-bond acceptors (Lipinski definition) is 5. The first-order chi connectivity index (χ1) is 11.5. The summed E-state index contributed by atoms with van der Waals surface area (Å²) < 4.78 is 0. The van der Waals surface area contributed by atoms with Crippen LogP contribution in [0.15, 0.2) is 24.3 Å². The molecule has 0 fully saturated rings. The van der Waals surface area contributed by atoms with Crippen LogP contribution in [-0.2, 0) is 11.2 Å². The average Bonchev–Trinajstić information content (AvgIpc) is 2.56. The van der Waals surface area contributed by atoms with Crippen LogP contribution in [0.1, 0.15) is 36.1 Å². The van der Waals surface area contributed by atoms with E-state index in [0.29, 0.717) is 13.0 Å². The molecular weight excluding hydrogens is 302 g/mol. The highest BCUT2D eigenvalue weighted by Crippen LogP contribution is 2.35. The number of anilines is 3. The minimum absolute atomic E-state index is 0.117. The molecule has 0 radical (unpaired) electrons. The van der Waals surface area contributed by atoms with Crippen LogP contribution in [0.5, 0.6) is 0 Å². The number of carbonyl (C=O) groups is 1. The number of nitrogens with zero attached hydrogens (tertiary/aromatic N) is 3. The van der Waals surface area contributed by atoms with E-state index in [4.69, 9.17) is 5.73 Å². The summed E-state index contributed by atoms with van der Waals surface area (Å²) in [5.74, 6) is 1.29. The zero-order valence-corrected chi connectivity index (χ0v) is 14.3. The van der Waals surface area contributed by atoms with Crippen molar-refractivity contribution in [1.82, 2.24) is 9.97 Å². The van der Waals surface area contributed by atoms with Gasteiger partial charge in [-0.15, -0.1) is 0 Å². The van der Waals surface area contributed by atoms with Crippen LogP contribution in [0.2, 0.25) is 0 Å². The first-order valence-electron chi connectivity index (χ1n) is 8.23. The first-order valence-corrected chi connectivity index (χ1v) is 8.23. The van der Waals surface area contributed by atoms with Gasteiger partial charge >= 0.3 is 0 Å². The number of nitrogen functional groups attached to an aromatic ring is 1. The summed E-state index contributed by atoms with van der Waals surface area (Å²) in [6, 6.07) is 8.05. The van der Waals surface area contributed by atoms with Gasteiger partial charge in [-0.1, -0.05) is 25.1 Å². The van der Waals surface area contributed by atoms with Gasteiger partial charge in [-0.3, -0.25) is 4.79 Å². The molecule has 3 rings (SSSR count). The first kappa shape index (κ1) is 16.2. The lowest BCUT2D eigenvalue weighted by atomic mass is 9.89. The molecule has 0 unspecified atom stereocenters. The second kappa shape index (κ2) is 6.47. The Morgan fingerprint density at radius 3 is 2.83 bits per heavy atom. The SMILES string of the molecule is CCc1c(C)nc(N)nc1NC[C@@H]1CC(=O)N(C)c2ccccc21. The quantitative estimate of drug-likeness (QED) is 0.902. The van der Waals surface area contributed by atoms with Gasteiger partial charge in [-0.05, 0) is 25.0 Å². The molecule has 1 atom stereocenters. The third kappa shape index (κ3) is 2.91. The van der Waals surface area contributed by atoms with Gasteiger partial charge in [-0.25, -0.2) is 4.98 Å². The molecule has 6 heteroatoms. The van der Waals surface area contributed by atoms with Crippen LogP contribution >= 0.6 is 0 Å². The number of aromatic nitrogens is 2. The monoisotopic (exact) mass is 325 g/mol.